The van der Waals surface area contributed by atoms with Gasteiger partial charge in [-0.1, -0.05) is 32.1 Å². The van der Waals surface area contributed by atoms with Crippen LogP contribution >= 0.6 is 0 Å². The Balaban J connectivity index is 1.86. The van der Waals surface area contributed by atoms with Crippen LogP contribution in [0.25, 0.3) is 0 Å². The first-order chi connectivity index (χ1) is 9.62. The molecule has 0 aromatic rings. The maximum absolute atomic E-state index is 6.04. The van der Waals surface area contributed by atoms with Crippen LogP contribution in [-0.4, -0.2) is 43.6 Å². The molecule has 0 radical (unpaired) electrons. The quantitative estimate of drug-likeness (QED) is 0.462. The van der Waals surface area contributed by atoms with Crippen molar-refractivity contribution in [3.63, 3.8) is 0 Å². The zero-order valence-electron chi connectivity index (χ0n) is 13.3. The van der Waals surface area contributed by atoms with Crippen LogP contribution in [-0.2, 0) is 0 Å². The Morgan fingerprint density at radius 1 is 1.15 bits per heavy atom. The largest absolute Gasteiger partial charge is 0.370 e. The van der Waals surface area contributed by atoms with E-state index in [-0.39, 0.29) is 5.54 Å². The second-order valence-electron chi connectivity index (χ2n) is 6.91. The van der Waals surface area contributed by atoms with Gasteiger partial charge in [0, 0.05) is 12.1 Å². The van der Waals surface area contributed by atoms with Crippen LogP contribution in [0.3, 0.4) is 0 Å². The van der Waals surface area contributed by atoms with Gasteiger partial charge in [0.05, 0.1) is 6.54 Å². The fourth-order valence-electron chi connectivity index (χ4n) is 3.37. The van der Waals surface area contributed by atoms with Gasteiger partial charge in [-0.25, -0.2) is 0 Å². The highest BCUT2D eigenvalue weighted by atomic mass is 15.2. The van der Waals surface area contributed by atoms with Crippen LogP contribution < -0.4 is 11.1 Å². The molecule has 2 rings (SSSR count). The highest BCUT2D eigenvalue weighted by Crippen LogP contribution is 2.31. The van der Waals surface area contributed by atoms with Crippen LogP contribution in [0, 0.1) is 5.92 Å². The minimum atomic E-state index is 0.221. The van der Waals surface area contributed by atoms with E-state index in [4.69, 9.17) is 5.73 Å². The van der Waals surface area contributed by atoms with Crippen LogP contribution in [0.5, 0.6) is 0 Å². The molecule has 0 aromatic heterocycles. The summed E-state index contributed by atoms with van der Waals surface area (Å²) in [5.74, 6) is 1.46. The van der Waals surface area contributed by atoms with Gasteiger partial charge in [0.1, 0.15) is 0 Å². The highest BCUT2D eigenvalue weighted by molar-refractivity contribution is 5.77. The molecule has 2 saturated carbocycles. The molecule has 116 valence electrons. The standard InChI is InChI=1S/C16H32N4/c1-20(2)16(10-5-3-4-6-11-16)13-19-15(17)18-12-14-8-7-9-14/h14H,3-13H2,1-2H3,(H3,17,18,19). The topological polar surface area (TPSA) is 53.6 Å². The summed E-state index contributed by atoms with van der Waals surface area (Å²) in [6, 6.07) is 0. The van der Waals surface area contributed by atoms with Gasteiger partial charge in [-0.05, 0) is 45.7 Å². The molecule has 0 spiro atoms. The van der Waals surface area contributed by atoms with Crippen molar-refractivity contribution in [3.8, 4) is 0 Å². The third-order valence-corrected chi connectivity index (χ3v) is 5.32. The van der Waals surface area contributed by atoms with Crippen molar-refractivity contribution >= 4 is 5.96 Å². The van der Waals surface area contributed by atoms with Gasteiger partial charge in [-0.3, -0.25) is 4.99 Å². The molecule has 0 heterocycles. The number of guanidine groups is 1. The molecule has 0 saturated heterocycles. The van der Waals surface area contributed by atoms with Gasteiger partial charge in [0.15, 0.2) is 5.96 Å². The van der Waals surface area contributed by atoms with Crippen molar-refractivity contribution < 1.29 is 0 Å². The smallest absolute Gasteiger partial charge is 0.188 e. The van der Waals surface area contributed by atoms with Crippen molar-refractivity contribution in [1.29, 1.82) is 0 Å². The molecule has 0 aliphatic heterocycles. The number of likely N-dealkylation sites (N-methyl/N-ethyl adjacent to an activating group) is 1. The van der Waals surface area contributed by atoms with Crippen molar-refractivity contribution in [3.05, 3.63) is 0 Å². The molecule has 0 unspecified atom stereocenters. The Bertz CT molecular complexity index is 312. The summed E-state index contributed by atoms with van der Waals surface area (Å²) in [4.78, 5) is 7.03. The third-order valence-electron chi connectivity index (χ3n) is 5.32. The number of aliphatic imine (C=N–C) groups is 1. The summed E-state index contributed by atoms with van der Waals surface area (Å²) >= 11 is 0. The van der Waals surface area contributed by atoms with E-state index in [9.17, 15) is 0 Å². The molecule has 2 aliphatic carbocycles. The van der Waals surface area contributed by atoms with Gasteiger partial charge in [-0.2, -0.15) is 0 Å². The normalized spacial score (nSPS) is 24.2. The lowest BCUT2D eigenvalue weighted by Crippen LogP contribution is -2.47. The Morgan fingerprint density at radius 2 is 1.80 bits per heavy atom. The Labute approximate surface area is 124 Å². The predicted octanol–water partition coefficient (Wildman–Crippen LogP) is 2.35. The summed E-state index contributed by atoms with van der Waals surface area (Å²) < 4.78 is 0. The van der Waals surface area contributed by atoms with E-state index in [2.05, 4.69) is 29.3 Å². The minimum absolute atomic E-state index is 0.221. The number of hydrogen-bond acceptors (Lipinski definition) is 2. The van der Waals surface area contributed by atoms with Crippen molar-refractivity contribution in [2.45, 2.75) is 63.3 Å². The number of nitrogens with two attached hydrogens (primary N) is 1. The Hall–Kier alpha value is -0.770. The first-order valence-corrected chi connectivity index (χ1v) is 8.34. The fourth-order valence-corrected chi connectivity index (χ4v) is 3.37. The van der Waals surface area contributed by atoms with E-state index >= 15 is 0 Å². The SMILES string of the molecule is CN(C)C1(CN=C(N)NCC2CCC2)CCCCCC1. The zero-order chi connectivity index (χ0) is 14.4. The second kappa shape index (κ2) is 7.30. The Morgan fingerprint density at radius 3 is 2.30 bits per heavy atom. The summed E-state index contributed by atoms with van der Waals surface area (Å²) in [5.41, 5.74) is 6.26. The molecular formula is C16H32N4. The van der Waals surface area contributed by atoms with E-state index in [0.717, 1.165) is 19.0 Å². The zero-order valence-corrected chi connectivity index (χ0v) is 13.3. The molecule has 2 fully saturated rings. The average molecular weight is 280 g/mol. The van der Waals surface area contributed by atoms with Crippen LogP contribution in [0.4, 0.5) is 0 Å². The van der Waals surface area contributed by atoms with E-state index in [1.165, 1.54) is 57.8 Å². The molecular weight excluding hydrogens is 248 g/mol. The van der Waals surface area contributed by atoms with Crippen LogP contribution in [0.15, 0.2) is 4.99 Å². The molecule has 0 amide bonds. The molecule has 20 heavy (non-hydrogen) atoms. The molecule has 4 heteroatoms. The van der Waals surface area contributed by atoms with E-state index in [0.29, 0.717) is 5.96 Å². The average Bonchev–Trinajstić information content (AvgIpc) is 2.61. The van der Waals surface area contributed by atoms with Crippen LogP contribution in [0.2, 0.25) is 0 Å². The fraction of sp³-hybridized carbons (Fsp3) is 0.938. The first-order valence-electron chi connectivity index (χ1n) is 8.34. The predicted molar refractivity (Wildman–Crippen MR) is 86.0 cm³/mol. The molecule has 4 nitrogen and oxygen atoms in total. The van der Waals surface area contributed by atoms with Crippen molar-refractivity contribution in [2.75, 3.05) is 27.2 Å². The summed E-state index contributed by atoms with van der Waals surface area (Å²) in [5, 5.41) is 3.31. The first kappa shape index (κ1) is 15.6. The highest BCUT2D eigenvalue weighted by Gasteiger charge is 2.32. The van der Waals surface area contributed by atoms with Gasteiger partial charge < -0.3 is 16.0 Å². The lowest BCUT2D eigenvalue weighted by atomic mass is 9.85. The number of nitrogens with zero attached hydrogens (tertiary/aromatic N) is 2. The molecule has 0 atom stereocenters. The van der Waals surface area contributed by atoms with Gasteiger partial charge in [0.25, 0.3) is 0 Å². The summed E-state index contributed by atoms with van der Waals surface area (Å²) in [6.45, 7) is 1.84. The second-order valence-corrected chi connectivity index (χ2v) is 6.91. The number of hydrogen-bond donors (Lipinski definition) is 2. The lowest BCUT2D eigenvalue weighted by Gasteiger charge is -2.38. The summed E-state index contributed by atoms with van der Waals surface area (Å²) in [6.07, 6.45) is 12.0. The third kappa shape index (κ3) is 4.11. The number of nitrogens with one attached hydrogen (secondary N) is 1. The molecule has 3 N–H and O–H groups in total. The van der Waals surface area contributed by atoms with E-state index in [1.54, 1.807) is 0 Å². The van der Waals surface area contributed by atoms with Crippen LogP contribution in [0.1, 0.15) is 57.8 Å². The van der Waals surface area contributed by atoms with Gasteiger partial charge in [0.2, 0.25) is 0 Å². The van der Waals surface area contributed by atoms with Crippen molar-refractivity contribution in [1.82, 2.24) is 10.2 Å². The maximum Gasteiger partial charge on any atom is 0.188 e. The Kier molecular flexibility index (Phi) is 5.70. The monoisotopic (exact) mass is 280 g/mol. The maximum atomic E-state index is 6.04. The van der Waals surface area contributed by atoms with Gasteiger partial charge >= 0.3 is 0 Å². The van der Waals surface area contributed by atoms with Gasteiger partial charge in [-0.15, -0.1) is 0 Å². The lowest BCUT2D eigenvalue weighted by molar-refractivity contribution is 0.138. The molecule has 0 bridgehead atoms. The van der Waals surface area contributed by atoms with Crippen molar-refractivity contribution in [2.24, 2.45) is 16.6 Å². The van der Waals surface area contributed by atoms with E-state index < -0.39 is 0 Å². The van der Waals surface area contributed by atoms with E-state index in [1.807, 2.05) is 0 Å². The number of rotatable bonds is 5. The molecule has 0 aromatic carbocycles. The summed E-state index contributed by atoms with van der Waals surface area (Å²) in [7, 11) is 4.39. The molecule has 2 aliphatic rings. The minimum Gasteiger partial charge on any atom is -0.370 e.